The van der Waals surface area contributed by atoms with Crippen molar-refractivity contribution >= 4 is 38.1 Å². The Morgan fingerprint density at radius 1 is 1.18 bits per heavy atom. The standard InChI is InChI=1S/C23H27N5O4S2/c1-5-32-19-13-24-12-18(26-19)15-6-8-16(9-7-15)25-21(29)23(3,4)20-14(2)33-22(27-20)28-34(30,31)17-10-11-17/h6-9,12-13,17H,5,10-11H2,1-4H3,(H,25,29)(H,27,28). The Labute approximate surface area is 203 Å². The molecule has 2 N–H and O–H groups in total. The zero-order valence-corrected chi connectivity index (χ0v) is 21.1. The van der Waals surface area contributed by atoms with Crippen LogP contribution < -0.4 is 14.8 Å². The lowest BCUT2D eigenvalue weighted by atomic mass is 9.87. The van der Waals surface area contributed by atoms with Gasteiger partial charge < -0.3 is 10.1 Å². The molecule has 2 aromatic heterocycles. The lowest BCUT2D eigenvalue weighted by Gasteiger charge is -2.22. The number of rotatable bonds is 9. The van der Waals surface area contributed by atoms with Crippen molar-refractivity contribution in [3.63, 3.8) is 0 Å². The largest absolute Gasteiger partial charge is 0.477 e. The zero-order valence-electron chi connectivity index (χ0n) is 19.5. The molecule has 3 aromatic rings. The molecule has 34 heavy (non-hydrogen) atoms. The molecule has 9 nitrogen and oxygen atoms in total. The van der Waals surface area contributed by atoms with Crippen LogP contribution in [0.4, 0.5) is 10.8 Å². The molecule has 0 radical (unpaired) electrons. The highest BCUT2D eigenvalue weighted by Crippen LogP contribution is 2.35. The van der Waals surface area contributed by atoms with E-state index in [2.05, 4.69) is 25.0 Å². The van der Waals surface area contributed by atoms with Gasteiger partial charge in [0.15, 0.2) is 5.13 Å². The van der Waals surface area contributed by atoms with Crippen LogP contribution in [0.3, 0.4) is 0 Å². The number of hydrogen-bond acceptors (Lipinski definition) is 8. The molecule has 2 heterocycles. The highest BCUT2D eigenvalue weighted by Gasteiger charge is 2.38. The summed E-state index contributed by atoms with van der Waals surface area (Å²) in [6.07, 6.45) is 4.55. The molecule has 0 atom stereocenters. The molecule has 0 bridgehead atoms. The first-order chi connectivity index (χ1) is 16.1. The molecule has 1 saturated carbocycles. The smallest absolute Gasteiger partial charge is 0.237 e. The van der Waals surface area contributed by atoms with Crippen molar-refractivity contribution in [1.82, 2.24) is 15.0 Å². The summed E-state index contributed by atoms with van der Waals surface area (Å²) >= 11 is 1.24. The molecule has 0 saturated heterocycles. The van der Waals surface area contributed by atoms with Gasteiger partial charge in [0.1, 0.15) is 0 Å². The normalized spacial score (nSPS) is 14.0. The summed E-state index contributed by atoms with van der Waals surface area (Å²) in [7, 11) is -3.41. The molecule has 4 rings (SSSR count). The first-order valence-corrected chi connectivity index (χ1v) is 13.3. The number of carbonyl (C=O) groups excluding carboxylic acids is 1. The van der Waals surface area contributed by atoms with E-state index in [0.29, 0.717) is 47.5 Å². The molecule has 1 amide bonds. The molecule has 1 aromatic carbocycles. The van der Waals surface area contributed by atoms with Gasteiger partial charge in [-0.3, -0.25) is 14.5 Å². The minimum atomic E-state index is -3.41. The van der Waals surface area contributed by atoms with Gasteiger partial charge in [-0.1, -0.05) is 12.1 Å². The van der Waals surface area contributed by atoms with Gasteiger partial charge in [0.05, 0.1) is 41.1 Å². The maximum absolute atomic E-state index is 13.1. The first kappa shape index (κ1) is 24.1. The van der Waals surface area contributed by atoms with E-state index in [9.17, 15) is 13.2 Å². The molecule has 1 aliphatic carbocycles. The van der Waals surface area contributed by atoms with Gasteiger partial charge in [-0.05, 0) is 52.7 Å². The van der Waals surface area contributed by atoms with Gasteiger partial charge in [-0.15, -0.1) is 11.3 Å². The van der Waals surface area contributed by atoms with Crippen molar-refractivity contribution in [2.75, 3.05) is 16.6 Å². The van der Waals surface area contributed by atoms with Crippen molar-refractivity contribution in [1.29, 1.82) is 0 Å². The van der Waals surface area contributed by atoms with Crippen LogP contribution in [0.2, 0.25) is 0 Å². The number of amides is 1. The summed E-state index contributed by atoms with van der Waals surface area (Å²) in [5.41, 5.74) is 1.71. The van der Waals surface area contributed by atoms with E-state index in [-0.39, 0.29) is 11.2 Å². The SMILES string of the molecule is CCOc1cncc(-c2ccc(NC(=O)C(C)(C)c3nc(NS(=O)(=O)C4CC4)sc3C)cc2)n1. The van der Waals surface area contributed by atoms with Crippen LogP contribution in [-0.2, 0) is 20.2 Å². The predicted octanol–water partition coefficient (Wildman–Crippen LogP) is 4.13. The number of carbonyl (C=O) groups is 1. The minimum absolute atomic E-state index is 0.247. The summed E-state index contributed by atoms with van der Waals surface area (Å²) in [4.78, 5) is 27.0. The average molecular weight is 502 g/mol. The van der Waals surface area contributed by atoms with Crippen molar-refractivity contribution in [3.8, 4) is 17.1 Å². The minimum Gasteiger partial charge on any atom is -0.477 e. The summed E-state index contributed by atoms with van der Waals surface area (Å²) in [6, 6.07) is 7.28. The summed E-state index contributed by atoms with van der Waals surface area (Å²) in [5, 5.41) is 2.88. The monoisotopic (exact) mass is 501 g/mol. The van der Waals surface area contributed by atoms with E-state index < -0.39 is 15.4 Å². The fraction of sp³-hybridized carbons (Fsp3) is 0.391. The Hall–Kier alpha value is -3.05. The van der Waals surface area contributed by atoms with Gasteiger partial charge in [0.25, 0.3) is 0 Å². The number of hydrogen-bond donors (Lipinski definition) is 2. The second-order valence-electron chi connectivity index (χ2n) is 8.60. The predicted molar refractivity (Wildman–Crippen MR) is 133 cm³/mol. The molecule has 0 aliphatic heterocycles. The van der Waals surface area contributed by atoms with Gasteiger partial charge in [-0.25, -0.2) is 18.4 Å². The van der Waals surface area contributed by atoms with E-state index in [1.807, 2.05) is 26.0 Å². The van der Waals surface area contributed by atoms with Crippen LogP contribution in [0.5, 0.6) is 5.88 Å². The van der Waals surface area contributed by atoms with Crippen molar-refractivity contribution in [2.45, 2.75) is 51.2 Å². The van der Waals surface area contributed by atoms with E-state index in [1.165, 1.54) is 11.3 Å². The number of sulfonamides is 1. The Balaban J connectivity index is 1.47. The van der Waals surface area contributed by atoms with Gasteiger partial charge in [0.2, 0.25) is 21.8 Å². The molecule has 11 heteroatoms. The second kappa shape index (κ2) is 9.30. The quantitative estimate of drug-likeness (QED) is 0.452. The molecule has 0 unspecified atom stereocenters. The topological polar surface area (TPSA) is 123 Å². The van der Waals surface area contributed by atoms with E-state index in [1.54, 1.807) is 38.4 Å². The fourth-order valence-corrected chi connectivity index (χ4v) is 5.98. The van der Waals surface area contributed by atoms with Gasteiger partial charge >= 0.3 is 0 Å². The molecule has 1 fully saturated rings. The second-order valence-corrected chi connectivity index (χ2v) is 11.8. The van der Waals surface area contributed by atoms with Crippen LogP contribution in [0.1, 0.15) is 44.2 Å². The lowest BCUT2D eigenvalue weighted by molar-refractivity contribution is -0.120. The number of aromatic nitrogens is 3. The molecule has 0 spiro atoms. The molecule has 1 aliphatic rings. The van der Waals surface area contributed by atoms with Gasteiger partial charge in [-0.2, -0.15) is 0 Å². The number of nitrogens with zero attached hydrogens (tertiary/aromatic N) is 3. The van der Waals surface area contributed by atoms with E-state index in [4.69, 9.17) is 4.74 Å². The lowest BCUT2D eigenvalue weighted by Crippen LogP contribution is -2.35. The third-order valence-electron chi connectivity index (χ3n) is 5.49. The maximum atomic E-state index is 13.1. The highest BCUT2D eigenvalue weighted by molar-refractivity contribution is 7.93. The number of ether oxygens (including phenoxy) is 1. The van der Waals surface area contributed by atoms with Gasteiger partial charge in [0, 0.05) is 16.1 Å². The third-order valence-corrected chi connectivity index (χ3v) is 8.33. The molecule has 180 valence electrons. The maximum Gasteiger partial charge on any atom is 0.237 e. The third kappa shape index (κ3) is 5.20. The van der Waals surface area contributed by atoms with Crippen LogP contribution in [-0.4, -0.2) is 41.1 Å². The average Bonchev–Trinajstić information content (AvgIpc) is 3.59. The number of thiazole rings is 1. The Morgan fingerprint density at radius 2 is 1.88 bits per heavy atom. The van der Waals surface area contributed by atoms with Crippen LogP contribution >= 0.6 is 11.3 Å². The fourth-order valence-electron chi connectivity index (χ4n) is 3.43. The Bertz CT molecular complexity index is 1300. The highest BCUT2D eigenvalue weighted by atomic mass is 32.2. The zero-order chi connectivity index (χ0) is 24.5. The van der Waals surface area contributed by atoms with E-state index in [0.717, 1.165) is 10.4 Å². The number of benzene rings is 1. The Kier molecular flexibility index (Phi) is 6.59. The van der Waals surface area contributed by atoms with Crippen molar-refractivity contribution in [3.05, 3.63) is 47.2 Å². The Morgan fingerprint density at radius 3 is 2.53 bits per heavy atom. The van der Waals surface area contributed by atoms with E-state index >= 15 is 0 Å². The van der Waals surface area contributed by atoms with Crippen LogP contribution in [0.15, 0.2) is 36.7 Å². The number of aryl methyl sites for hydroxylation is 1. The van der Waals surface area contributed by atoms with Crippen molar-refractivity contribution in [2.24, 2.45) is 0 Å². The molecular formula is C23H27N5O4S2. The van der Waals surface area contributed by atoms with Crippen molar-refractivity contribution < 1.29 is 17.9 Å². The molecular weight excluding hydrogens is 474 g/mol. The number of anilines is 2. The van der Waals surface area contributed by atoms with Crippen LogP contribution in [0, 0.1) is 6.92 Å². The summed E-state index contributed by atoms with van der Waals surface area (Å²) < 4.78 is 32.5. The first-order valence-electron chi connectivity index (χ1n) is 11.0. The summed E-state index contributed by atoms with van der Waals surface area (Å²) in [6.45, 7) is 7.77. The summed E-state index contributed by atoms with van der Waals surface area (Å²) in [5.74, 6) is 0.208. The van der Waals surface area contributed by atoms with Crippen LogP contribution in [0.25, 0.3) is 11.3 Å². The number of nitrogens with one attached hydrogen (secondary N) is 2.